The SMILES string of the molecule is CC(=O)Nc1ccc(C2=C(Nc3ccccc3C)C(=O)N(c3cccc(C)c3)C2=O)cc1. The maximum atomic E-state index is 13.5. The van der Waals surface area contributed by atoms with E-state index in [1.807, 2.05) is 56.3 Å². The van der Waals surface area contributed by atoms with Crippen LogP contribution in [0.3, 0.4) is 0 Å². The van der Waals surface area contributed by atoms with Crippen molar-refractivity contribution in [2.45, 2.75) is 20.8 Å². The number of benzene rings is 3. The van der Waals surface area contributed by atoms with Crippen LogP contribution in [0.4, 0.5) is 17.1 Å². The van der Waals surface area contributed by atoms with Crippen LogP contribution in [0, 0.1) is 13.8 Å². The first kappa shape index (κ1) is 21.1. The molecule has 0 bridgehead atoms. The third-order valence-corrected chi connectivity index (χ3v) is 5.24. The molecule has 160 valence electrons. The molecule has 3 aromatic carbocycles. The number of aryl methyl sites for hydroxylation is 2. The minimum Gasteiger partial charge on any atom is -0.350 e. The number of rotatable bonds is 5. The van der Waals surface area contributed by atoms with Crippen molar-refractivity contribution in [3.8, 4) is 0 Å². The summed E-state index contributed by atoms with van der Waals surface area (Å²) in [6.07, 6.45) is 0. The van der Waals surface area contributed by atoms with Crippen molar-refractivity contribution in [2.75, 3.05) is 15.5 Å². The summed E-state index contributed by atoms with van der Waals surface area (Å²) in [5.74, 6) is -0.995. The zero-order valence-corrected chi connectivity index (χ0v) is 18.1. The van der Waals surface area contributed by atoms with Gasteiger partial charge in [0.05, 0.1) is 11.3 Å². The standard InChI is InChI=1S/C26H23N3O3/c1-16-7-6-9-21(15-16)29-25(31)23(19-11-13-20(14-12-19)27-18(3)30)24(26(29)32)28-22-10-5-4-8-17(22)2/h4-15,28H,1-3H3,(H,27,30). The Bertz CT molecular complexity index is 1260. The normalized spacial score (nSPS) is 13.5. The number of carbonyl (C=O) groups is 3. The van der Waals surface area contributed by atoms with Gasteiger partial charge in [-0.1, -0.05) is 42.5 Å². The van der Waals surface area contributed by atoms with Gasteiger partial charge in [-0.05, 0) is 60.9 Å². The predicted octanol–water partition coefficient (Wildman–Crippen LogP) is 4.66. The Morgan fingerprint density at radius 1 is 0.844 bits per heavy atom. The molecule has 0 saturated carbocycles. The topological polar surface area (TPSA) is 78.5 Å². The van der Waals surface area contributed by atoms with Crippen molar-refractivity contribution in [3.63, 3.8) is 0 Å². The molecule has 6 heteroatoms. The average molecular weight is 425 g/mol. The second-order valence-corrected chi connectivity index (χ2v) is 7.73. The third-order valence-electron chi connectivity index (χ3n) is 5.24. The third kappa shape index (κ3) is 4.03. The van der Waals surface area contributed by atoms with Crippen LogP contribution >= 0.6 is 0 Å². The van der Waals surface area contributed by atoms with Crippen LogP contribution < -0.4 is 15.5 Å². The van der Waals surface area contributed by atoms with E-state index in [0.717, 1.165) is 16.8 Å². The Labute approximate surface area is 186 Å². The molecule has 0 radical (unpaired) electrons. The van der Waals surface area contributed by atoms with Crippen LogP contribution in [0.15, 0.2) is 78.5 Å². The molecule has 2 N–H and O–H groups in total. The zero-order chi connectivity index (χ0) is 22.8. The zero-order valence-electron chi connectivity index (χ0n) is 18.1. The molecule has 0 saturated heterocycles. The number of amides is 3. The number of hydrogen-bond acceptors (Lipinski definition) is 4. The Kier molecular flexibility index (Phi) is 5.60. The van der Waals surface area contributed by atoms with E-state index in [9.17, 15) is 14.4 Å². The van der Waals surface area contributed by atoms with Gasteiger partial charge in [-0.3, -0.25) is 14.4 Å². The highest BCUT2D eigenvalue weighted by molar-refractivity contribution is 6.46. The summed E-state index contributed by atoms with van der Waals surface area (Å²) in [6, 6.07) is 21.8. The van der Waals surface area contributed by atoms with Gasteiger partial charge in [0, 0.05) is 18.3 Å². The monoisotopic (exact) mass is 425 g/mol. The molecule has 3 amide bonds. The quantitative estimate of drug-likeness (QED) is 0.583. The van der Waals surface area contributed by atoms with Gasteiger partial charge in [0.15, 0.2) is 0 Å². The van der Waals surface area contributed by atoms with Crippen molar-refractivity contribution in [3.05, 3.63) is 95.2 Å². The highest BCUT2D eigenvalue weighted by atomic mass is 16.2. The molecule has 0 fully saturated rings. The minimum absolute atomic E-state index is 0.184. The van der Waals surface area contributed by atoms with E-state index in [2.05, 4.69) is 10.6 Å². The number of carbonyl (C=O) groups excluding carboxylic acids is 3. The van der Waals surface area contributed by atoms with E-state index in [1.54, 1.807) is 30.3 Å². The van der Waals surface area contributed by atoms with Crippen LogP contribution in [0.2, 0.25) is 0 Å². The van der Waals surface area contributed by atoms with Gasteiger partial charge in [0.25, 0.3) is 11.8 Å². The molecule has 1 aliphatic rings. The van der Waals surface area contributed by atoms with Crippen LogP contribution in [0.1, 0.15) is 23.6 Å². The largest absolute Gasteiger partial charge is 0.350 e. The lowest BCUT2D eigenvalue weighted by atomic mass is 10.0. The van der Waals surface area contributed by atoms with Crippen LogP contribution in [0.5, 0.6) is 0 Å². The Morgan fingerprint density at radius 2 is 1.56 bits per heavy atom. The first-order valence-corrected chi connectivity index (χ1v) is 10.3. The van der Waals surface area contributed by atoms with Crippen LogP contribution in [-0.4, -0.2) is 17.7 Å². The van der Waals surface area contributed by atoms with E-state index in [0.29, 0.717) is 16.9 Å². The number of nitrogens with zero attached hydrogens (tertiary/aromatic N) is 1. The van der Waals surface area contributed by atoms with E-state index >= 15 is 0 Å². The minimum atomic E-state index is -0.412. The molecular formula is C26H23N3O3. The smallest absolute Gasteiger partial charge is 0.282 e. The van der Waals surface area contributed by atoms with Gasteiger partial charge in [-0.15, -0.1) is 0 Å². The Morgan fingerprint density at radius 3 is 2.22 bits per heavy atom. The lowest BCUT2D eigenvalue weighted by molar-refractivity contribution is -0.120. The molecule has 3 aromatic rings. The summed E-state index contributed by atoms with van der Waals surface area (Å²) in [5.41, 5.74) is 4.88. The lowest BCUT2D eigenvalue weighted by Gasteiger charge is -2.16. The Hall–Kier alpha value is -4.19. The molecule has 6 nitrogen and oxygen atoms in total. The van der Waals surface area contributed by atoms with Gasteiger partial charge >= 0.3 is 0 Å². The fourth-order valence-corrected chi connectivity index (χ4v) is 3.69. The maximum Gasteiger partial charge on any atom is 0.282 e. The van der Waals surface area contributed by atoms with E-state index in [-0.39, 0.29) is 17.2 Å². The first-order valence-electron chi connectivity index (χ1n) is 10.3. The van der Waals surface area contributed by atoms with Gasteiger partial charge in [-0.2, -0.15) is 0 Å². The molecule has 0 spiro atoms. The number of nitrogens with one attached hydrogen (secondary N) is 2. The summed E-state index contributed by atoms with van der Waals surface area (Å²) in [6.45, 7) is 5.28. The number of imide groups is 1. The average Bonchev–Trinajstić information content (AvgIpc) is 2.99. The molecule has 1 heterocycles. The molecule has 0 aliphatic carbocycles. The molecule has 1 aliphatic heterocycles. The van der Waals surface area contributed by atoms with Crippen molar-refractivity contribution in [2.24, 2.45) is 0 Å². The summed E-state index contributed by atoms with van der Waals surface area (Å²) < 4.78 is 0. The van der Waals surface area contributed by atoms with E-state index in [4.69, 9.17) is 0 Å². The first-order chi connectivity index (χ1) is 15.3. The molecule has 32 heavy (non-hydrogen) atoms. The van der Waals surface area contributed by atoms with Crippen molar-refractivity contribution in [1.82, 2.24) is 0 Å². The van der Waals surface area contributed by atoms with Crippen LogP contribution in [-0.2, 0) is 14.4 Å². The lowest BCUT2D eigenvalue weighted by Crippen LogP contribution is -2.32. The summed E-state index contributed by atoms with van der Waals surface area (Å²) in [4.78, 5) is 39.5. The van der Waals surface area contributed by atoms with Crippen molar-refractivity contribution in [1.29, 1.82) is 0 Å². The molecule has 0 unspecified atom stereocenters. The van der Waals surface area contributed by atoms with Crippen LogP contribution in [0.25, 0.3) is 5.57 Å². The second-order valence-electron chi connectivity index (χ2n) is 7.73. The number of para-hydroxylation sites is 1. The fourth-order valence-electron chi connectivity index (χ4n) is 3.69. The Balaban J connectivity index is 1.81. The fraction of sp³-hybridized carbons (Fsp3) is 0.115. The predicted molar refractivity (Wildman–Crippen MR) is 126 cm³/mol. The summed E-state index contributed by atoms with van der Waals surface area (Å²) >= 11 is 0. The van der Waals surface area contributed by atoms with Gasteiger partial charge in [0.2, 0.25) is 5.91 Å². The highest BCUT2D eigenvalue weighted by Gasteiger charge is 2.40. The molecule has 0 atom stereocenters. The molecular weight excluding hydrogens is 402 g/mol. The van der Waals surface area contributed by atoms with Crippen molar-refractivity contribution >= 4 is 40.4 Å². The highest BCUT2D eigenvalue weighted by Crippen LogP contribution is 2.34. The van der Waals surface area contributed by atoms with E-state index in [1.165, 1.54) is 11.8 Å². The van der Waals surface area contributed by atoms with Crippen molar-refractivity contribution < 1.29 is 14.4 Å². The molecule has 0 aromatic heterocycles. The maximum absolute atomic E-state index is 13.5. The molecule has 4 rings (SSSR count). The van der Waals surface area contributed by atoms with Gasteiger partial charge in [0.1, 0.15) is 5.70 Å². The second kappa shape index (κ2) is 8.51. The van der Waals surface area contributed by atoms with Gasteiger partial charge < -0.3 is 10.6 Å². The van der Waals surface area contributed by atoms with E-state index < -0.39 is 11.8 Å². The summed E-state index contributed by atoms with van der Waals surface area (Å²) in [7, 11) is 0. The summed E-state index contributed by atoms with van der Waals surface area (Å²) in [5, 5.41) is 5.91. The number of hydrogen-bond donors (Lipinski definition) is 2. The van der Waals surface area contributed by atoms with Gasteiger partial charge in [-0.25, -0.2) is 4.90 Å². The number of anilines is 3.